The second-order valence-corrected chi connectivity index (χ2v) is 10.8. The van der Waals surface area contributed by atoms with Crippen LogP contribution in [0.2, 0.25) is 0 Å². The van der Waals surface area contributed by atoms with Gasteiger partial charge in [-0.3, -0.25) is 0 Å². The maximum Gasteiger partial charge on any atom is 4.00 e. The largest absolute Gasteiger partial charge is 4.00 e. The summed E-state index contributed by atoms with van der Waals surface area (Å²) >= 11 is 0. The Morgan fingerprint density at radius 3 is 1.25 bits per heavy atom. The Hall–Kier alpha value is 0.634. The first-order chi connectivity index (χ1) is 11.7. The van der Waals surface area contributed by atoms with Gasteiger partial charge >= 0.3 is 21.7 Å². The number of hydrogen-bond donors (Lipinski definition) is 0. The Labute approximate surface area is 194 Å². The van der Waals surface area contributed by atoms with Gasteiger partial charge in [0.15, 0.2) is 0 Å². The zero-order valence-electron chi connectivity index (χ0n) is 20.5. The molecule has 3 heteroatoms. The normalized spacial score (nSPS) is 28.5. The molecule has 0 aromatic rings. The molecule has 0 aromatic carbocycles. The summed E-state index contributed by atoms with van der Waals surface area (Å²) in [5, 5.41) is 10.2. The van der Waals surface area contributed by atoms with E-state index in [4.69, 9.17) is 10.6 Å². The van der Waals surface area contributed by atoms with Crippen molar-refractivity contribution in [2.24, 2.45) is 22.7 Å². The molecule has 2 aliphatic carbocycles. The van der Waals surface area contributed by atoms with Crippen LogP contribution in [-0.4, -0.2) is 25.2 Å². The first-order valence-corrected chi connectivity index (χ1v) is 11.0. The summed E-state index contributed by atoms with van der Waals surface area (Å²) in [5.41, 5.74) is 0.808. The summed E-state index contributed by atoms with van der Waals surface area (Å²) in [5.74, 6) is 1.56. The third-order valence-electron chi connectivity index (χ3n) is 6.73. The van der Waals surface area contributed by atoms with E-state index in [9.17, 15) is 0 Å². The van der Waals surface area contributed by atoms with Crippen molar-refractivity contribution in [2.45, 2.75) is 111 Å². The smallest absolute Gasteiger partial charge is 0.659 e. The third-order valence-corrected chi connectivity index (χ3v) is 6.73. The average molecular weight is 427 g/mol. The van der Waals surface area contributed by atoms with Crippen LogP contribution in [0.15, 0.2) is 0 Å². The fourth-order valence-corrected chi connectivity index (χ4v) is 5.26. The second-order valence-electron chi connectivity index (χ2n) is 10.8. The maximum absolute atomic E-state index is 5.12. The van der Waals surface area contributed by atoms with Gasteiger partial charge in [-0.25, -0.2) is 0 Å². The van der Waals surface area contributed by atoms with Crippen molar-refractivity contribution in [2.75, 3.05) is 13.1 Å². The molecule has 0 radical (unpaired) electrons. The van der Waals surface area contributed by atoms with E-state index in [-0.39, 0.29) is 36.6 Å². The predicted octanol–water partition coefficient (Wildman–Crippen LogP) is 8.23. The molecule has 0 aromatic heterocycles. The number of nitrogens with zero attached hydrogens (tertiary/aromatic N) is 2. The molecule has 0 spiro atoms. The summed E-state index contributed by atoms with van der Waals surface area (Å²) in [4.78, 5) is 0. The molecule has 0 N–H and O–H groups in total. The monoisotopic (exact) mass is 426 g/mol. The van der Waals surface area contributed by atoms with Crippen LogP contribution in [-0.2, 0) is 21.7 Å². The molecule has 2 saturated carbocycles. The van der Waals surface area contributed by atoms with Gasteiger partial charge in [-0.05, 0) is 10.8 Å². The van der Waals surface area contributed by atoms with E-state index in [1.165, 1.54) is 51.4 Å². The molecule has 4 unspecified atom stereocenters. The third kappa shape index (κ3) is 9.63. The Bertz CT molecular complexity index is 347. The molecule has 28 heavy (non-hydrogen) atoms. The van der Waals surface area contributed by atoms with Crippen LogP contribution in [0.1, 0.15) is 99.3 Å². The molecule has 164 valence electrons. The zero-order chi connectivity index (χ0) is 18.5. The van der Waals surface area contributed by atoms with Crippen molar-refractivity contribution >= 4 is 0 Å². The topological polar surface area (TPSA) is 28.2 Å². The van der Waals surface area contributed by atoms with Crippen LogP contribution in [0, 0.1) is 37.5 Å². The molecule has 4 atom stereocenters. The maximum atomic E-state index is 5.12. The van der Waals surface area contributed by atoms with Gasteiger partial charge in [0.1, 0.15) is 0 Å². The molecule has 0 aliphatic heterocycles. The summed E-state index contributed by atoms with van der Waals surface area (Å²) in [6.07, 6.45) is 12.1. The predicted molar refractivity (Wildman–Crippen MR) is 124 cm³/mol. The first kappa shape index (κ1) is 30.8. The standard InChI is InChI=1S/C23H44N2.2CH3.Ti/c1-22(2,3)18-12-7-9-14-20(18)24-16-11-17-25-21-15-10-8-13-19(21)23(4,5)6;;;/h18-21H,7-17H2,1-6H3;2*1H3;/q-2;2*-1;+4. The van der Waals surface area contributed by atoms with Crippen LogP contribution >= 0.6 is 0 Å². The summed E-state index contributed by atoms with van der Waals surface area (Å²) in [6, 6.07) is 1.21. The Balaban J connectivity index is 0. The van der Waals surface area contributed by atoms with Crippen molar-refractivity contribution in [3.8, 4) is 0 Å². The summed E-state index contributed by atoms with van der Waals surface area (Å²) in [6.45, 7) is 16.4. The van der Waals surface area contributed by atoms with Crippen molar-refractivity contribution < 1.29 is 21.7 Å². The van der Waals surface area contributed by atoms with Crippen LogP contribution in [0.25, 0.3) is 10.6 Å². The van der Waals surface area contributed by atoms with E-state index in [1.54, 1.807) is 0 Å². The number of rotatable bonds is 6. The minimum atomic E-state index is 0. The van der Waals surface area contributed by atoms with Gasteiger partial charge < -0.3 is 25.5 Å². The average Bonchev–Trinajstić information content (AvgIpc) is 2.53. The van der Waals surface area contributed by atoms with Crippen LogP contribution in [0.4, 0.5) is 0 Å². The van der Waals surface area contributed by atoms with Gasteiger partial charge in [0.05, 0.1) is 0 Å². The minimum absolute atomic E-state index is 0. The van der Waals surface area contributed by atoms with Crippen LogP contribution < -0.4 is 0 Å². The molecule has 2 fully saturated rings. The fourth-order valence-electron chi connectivity index (χ4n) is 5.26. The van der Waals surface area contributed by atoms with Gasteiger partial charge in [-0.1, -0.05) is 111 Å². The van der Waals surface area contributed by atoms with Gasteiger partial charge in [-0.15, -0.1) is 12.1 Å². The quantitative estimate of drug-likeness (QED) is 0.232. The molecule has 0 amide bonds. The molecular weight excluding hydrogens is 376 g/mol. The second kappa shape index (κ2) is 13.8. The van der Waals surface area contributed by atoms with E-state index >= 15 is 0 Å². The van der Waals surface area contributed by atoms with Crippen molar-refractivity contribution in [3.63, 3.8) is 0 Å². The van der Waals surface area contributed by atoms with E-state index in [0.717, 1.165) is 31.3 Å². The number of hydrogen-bond acceptors (Lipinski definition) is 0. The summed E-state index contributed by atoms with van der Waals surface area (Å²) < 4.78 is 0. The fraction of sp³-hybridized carbons (Fsp3) is 0.920. The van der Waals surface area contributed by atoms with Gasteiger partial charge in [-0.2, -0.15) is 13.1 Å². The van der Waals surface area contributed by atoms with E-state index in [1.807, 2.05) is 0 Å². The van der Waals surface area contributed by atoms with Crippen molar-refractivity contribution in [1.29, 1.82) is 0 Å². The van der Waals surface area contributed by atoms with Gasteiger partial charge in [0.2, 0.25) is 0 Å². The van der Waals surface area contributed by atoms with Crippen molar-refractivity contribution in [1.82, 2.24) is 0 Å². The van der Waals surface area contributed by atoms with E-state index < -0.39 is 0 Å². The minimum Gasteiger partial charge on any atom is -0.659 e. The van der Waals surface area contributed by atoms with Gasteiger partial charge in [0, 0.05) is 0 Å². The van der Waals surface area contributed by atoms with E-state index in [0.29, 0.717) is 22.9 Å². The SMILES string of the molecule is CC(C)(C)C1CCCCC1[N-]CCC[N-]C1CCCCC1C(C)(C)C.[CH3-].[CH3-].[Ti+4]. The first-order valence-electron chi connectivity index (χ1n) is 11.0. The molecule has 2 aliphatic rings. The molecule has 2 rings (SSSR count). The summed E-state index contributed by atoms with van der Waals surface area (Å²) in [7, 11) is 0. The molecule has 2 nitrogen and oxygen atoms in total. The van der Waals surface area contributed by atoms with Crippen molar-refractivity contribution in [3.05, 3.63) is 25.5 Å². The molecular formula is C25H50N2Ti. The van der Waals surface area contributed by atoms with Crippen LogP contribution in [0.5, 0.6) is 0 Å². The molecule has 0 saturated heterocycles. The molecule has 0 bridgehead atoms. The van der Waals surface area contributed by atoms with Crippen LogP contribution in [0.3, 0.4) is 0 Å². The Kier molecular flexibility index (Phi) is 15.2. The zero-order valence-corrected chi connectivity index (χ0v) is 22.0. The van der Waals surface area contributed by atoms with E-state index in [2.05, 4.69) is 41.5 Å². The molecule has 0 heterocycles. The van der Waals surface area contributed by atoms with Gasteiger partial charge in [0.25, 0.3) is 0 Å². The Morgan fingerprint density at radius 2 is 0.929 bits per heavy atom. The Morgan fingerprint density at radius 1 is 0.607 bits per heavy atom.